The van der Waals surface area contributed by atoms with E-state index in [9.17, 15) is 19.8 Å². The van der Waals surface area contributed by atoms with Crippen molar-refractivity contribution in [3.63, 3.8) is 0 Å². The molecule has 196 valence electrons. The summed E-state index contributed by atoms with van der Waals surface area (Å²) in [5.74, 6) is 0.0825. The maximum absolute atomic E-state index is 13.4. The molecule has 39 heavy (non-hydrogen) atoms. The standard InChI is InChI=1S/C31H27N3O5/c1-16-20(4-3-5-26(16)34-14-18-12-19(39-2)7-9-21(18)31(34)38)22-10-11-24(30(32)37)29-28(22)23-8-6-17(27(36)15-35)13-25(23)33-29/h3-13,27,33,35-36H,14-15H2,1-2H3,(H2,32,37). The van der Waals surface area contributed by atoms with Crippen LogP contribution in [0.3, 0.4) is 0 Å². The van der Waals surface area contributed by atoms with Gasteiger partial charge in [0, 0.05) is 27.5 Å². The quantitative estimate of drug-likeness (QED) is 0.260. The van der Waals surface area contributed by atoms with Crippen LogP contribution in [0.2, 0.25) is 0 Å². The first-order chi connectivity index (χ1) is 18.8. The van der Waals surface area contributed by atoms with Crippen LogP contribution in [-0.2, 0) is 6.54 Å². The van der Waals surface area contributed by atoms with Gasteiger partial charge in [0.15, 0.2) is 0 Å². The smallest absolute Gasteiger partial charge is 0.258 e. The topological polar surface area (TPSA) is 129 Å². The van der Waals surface area contributed by atoms with E-state index in [-0.39, 0.29) is 5.91 Å². The van der Waals surface area contributed by atoms with Gasteiger partial charge in [-0.2, -0.15) is 0 Å². The van der Waals surface area contributed by atoms with Gasteiger partial charge < -0.3 is 30.6 Å². The lowest BCUT2D eigenvalue weighted by Crippen LogP contribution is -2.24. The maximum atomic E-state index is 13.4. The van der Waals surface area contributed by atoms with Crippen LogP contribution in [0.15, 0.2) is 66.7 Å². The molecule has 8 nitrogen and oxygen atoms in total. The SMILES string of the molecule is COc1ccc2c(c1)CN(c1cccc(-c3ccc(C(N)=O)c4[nH]c5cc(C(O)CO)ccc5c34)c1C)C2=O. The molecule has 0 fully saturated rings. The molecule has 2 amide bonds. The van der Waals surface area contributed by atoms with Gasteiger partial charge in [-0.15, -0.1) is 0 Å². The average molecular weight is 522 g/mol. The van der Waals surface area contributed by atoms with Crippen molar-refractivity contribution in [2.45, 2.75) is 19.6 Å². The minimum atomic E-state index is -1.02. The molecule has 1 aliphatic rings. The van der Waals surface area contributed by atoms with Gasteiger partial charge in [0.25, 0.3) is 11.8 Å². The molecule has 1 unspecified atom stereocenters. The van der Waals surface area contributed by atoms with E-state index in [1.54, 1.807) is 42.3 Å². The molecule has 2 heterocycles. The number of aliphatic hydroxyl groups is 2. The molecule has 1 atom stereocenters. The first-order valence-electron chi connectivity index (χ1n) is 12.6. The Hall–Kier alpha value is -4.66. The van der Waals surface area contributed by atoms with Gasteiger partial charge in [0.1, 0.15) is 11.9 Å². The number of aromatic amines is 1. The third kappa shape index (κ3) is 3.84. The van der Waals surface area contributed by atoms with Crippen LogP contribution in [0.4, 0.5) is 5.69 Å². The molecular weight excluding hydrogens is 494 g/mol. The van der Waals surface area contributed by atoms with E-state index in [0.717, 1.165) is 38.7 Å². The zero-order valence-corrected chi connectivity index (χ0v) is 21.5. The summed E-state index contributed by atoms with van der Waals surface area (Å²) in [6.07, 6.45) is -1.02. The number of anilines is 1. The van der Waals surface area contributed by atoms with Crippen LogP contribution in [-0.4, -0.2) is 40.7 Å². The molecule has 0 saturated heterocycles. The van der Waals surface area contributed by atoms with E-state index in [2.05, 4.69) is 4.98 Å². The number of hydrogen-bond acceptors (Lipinski definition) is 5. The van der Waals surface area contributed by atoms with Gasteiger partial charge in [0.2, 0.25) is 0 Å². The molecule has 0 radical (unpaired) electrons. The Labute approximate surface area is 224 Å². The highest BCUT2D eigenvalue weighted by Crippen LogP contribution is 2.41. The highest BCUT2D eigenvalue weighted by atomic mass is 16.5. The van der Waals surface area contributed by atoms with Crippen LogP contribution in [0.25, 0.3) is 32.9 Å². The number of nitrogens with zero attached hydrogens (tertiary/aromatic N) is 1. The van der Waals surface area contributed by atoms with Crippen molar-refractivity contribution in [2.24, 2.45) is 5.73 Å². The number of rotatable bonds is 6. The molecule has 0 aliphatic carbocycles. The fourth-order valence-electron chi connectivity index (χ4n) is 5.60. The van der Waals surface area contributed by atoms with E-state index in [0.29, 0.717) is 40.0 Å². The van der Waals surface area contributed by atoms with Crippen LogP contribution in [0, 0.1) is 6.92 Å². The van der Waals surface area contributed by atoms with E-state index in [4.69, 9.17) is 10.5 Å². The lowest BCUT2D eigenvalue weighted by Gasteiger charge is -2.21. The molecule has 8 heteroatoms. The Kier molecular flexibility index (Phi) is 5.86. The molecule has 5 aromatic rings. The average Bonchev–Trinajstić information content (AvgIpc) is 3.49. The monoisotopic (exact) mass is 521 g/mol. The Morgan fingerprint density at radius 2 is 1.87 bits per heavy atom. The summed E-state index contributed by atoms with van der Waals surface area (Å²) in [6, 6.07) is 20.3. The number of aliphatic hydroxyl groups excluding tert-OH is 2. The molecule has 0 bridgehead atoms. The summed E-state index contributed by atoms with van der Waals surface area (Å²) in [6.45, 7) is 2.02. The fourth-order valence-corrected chi connectivity index (χ4v) is 5.60. The molecule has 0 saturated carbocycles. The number of aromatic nitrogens is 1. The Bertz CT molecular complexity index is 1810. The zero-order chi connectivity index (χ0) is 27.4. The van der Waals surface area contributed by atoms with Crippen LogP contribution in [0.5, 0.6) is 5.75 Å². The summed E-state index contributed by atoms with van der Waals surface area (Å²) in [4.78, 5) is 30.8. The second-order valence-corrected chi connectivity index (χ2v) is 9.77. The molecule has 6 rings (SSSR count). The first-order valence-corrected chi connectivity index (χ1v) is 12.6. The van der Waals surface area contributed by atoms with Gasteiger partial charge in [-0.3, -0.25) is 9.59 Å². The van der Waals surface area contributed by atoms with Crippen molar-refractivity contribution in [1.82, 2.24) is 4.98 Å². The minimum Gasteiger partial charge on any atom is -0.497 e. The van der Waals surface area contributed by atoms with Crippen molar-refractivity contribution in [1.29, 1.82) is 0 Å². The molecule has 0 spiro atoms. The molecule has 1 aromatic heterocycles. The van der Waals surface area contributed by atoms with Crippen LogP contribution >= 0.6 is 0 Å². The number of primary amides is 1. The Balaban J connectivity index is 1.53. The number of H-pyrrole nitrogens is 1. The van der Waals surface area contributed by atoms with E-state index < -0.39 is 18.6 Å². The van der Waals surface area contributed by atoms with Crippen molar-refractivity contribution in [3.05, 3.63) is 94.5 Å². The van der Waals surface area contributed by atoms with Gasteiger partial charge >= 0.3 is 0 Å². The number of nitrogens with two attached hydrogens (primary N) is 1. The molecular formula is C31H27N3O5. The maximum Gasteiger partial charge on any atom is 0.258 e. The van der Waals surface area contributed by atoms with Crippen molar-refractivity contribution in [3.8, 4) is 16.9 Å². The summed E-state index contributed by atoms with van der Waals surface area (Å²) in [7, 11) is 1.61. The minimum absolute atomic E-state index is 0.0656. The number of carbonyl (C=O) groups excluding carboxylic acids is 2. The summed E-state index contributed by atoms with van der Waals surface area (Å²) >= 11 is 0. The van der Waals surface area contributed by atoms with Gasteiger partial charge in [-0.1, -0.05) is 30.3 Å². The number of methoxy groups -OCH3 is 1. The number of benzene rings is 4. The number of hydrogen-bond donors (Lipinski definition) is 4. The summed E-state index contributed by atoms with van der Waals surface area (Å²) in [5, 5.41) is 21.2. The van der Waals surface area contributed by atoms with E-state index in [1.807, 2.05) is 43.3 Å². The Morgan fingerprint density at radius 1 is 1.08 bits per heavy atom. The van der Waals surface area contributed by atoms with E-state index >= 15 is 0 Å². The van der Waals surface area contributed by atoms with Crippen molar-refractivity contribution >= 4 is 39.3 Å². The number of ether oxygens (including phenoxy) is 1. The third-order valence-corrected chi connectivity index (χ3v) is 7.60. The van der Waals surface area contributed by atoms with Crippen molar-refractivity contribution < 1.29 is 24.5 Å². The number of amides is 2. The fraction of sp³-hybridized carbons (Fsp3) is 0.161. The van der Waals surface area contributed by atoms with E-state index in [1.165, 1.54) is 0 Å². The lowest BCUT2D eigenvalue weighted by molar-refractivity contribution is 0.0957. The van der Waals surface area contributed by atoms with Crippen molar-refractivity contribution in [2.75, 3.05) is 18.6 Å². The van der Waals surface area contributed by atoms with Gasteiger partial charge in [-0.05, 0) is 71.1 Å². The molecule has 1 aliphatic heterocycles. The Morgan fingerprint density at radius 3 is 2.62 bits per heavy atom. The van der Waals surface area contributed by atoms with Gasteiger partial charge in [0.05, 0.1) is 31.3 Å². The molecule has 4 aromatic carbocycles. The summed E-state index contributed by atoms with van der Waals surface area (Å²) < 4.78 is 5.35. The zero-order valence-electron chi connectivity index (χ0n) is 21.5. The summed E-state index contributed by atoms with van der Waals surface area (Å²) in [5.41, 5.74) is 13.0. The van der Waals surface area contributed by atoms with Crippen LogP contribution < -0.4 is 15.4 Å². The third-order valence-electron chi connectivity index (χ3n) is 7.60. The highest BCUT2D eigenvalue weighted by Gasteiger charge is 2.30. The second-order valence-electron chi connectivity index (χ2n) is 9.77. The van der Waals surface area contributed by atoms with Crippen LogP contribution in [0.1, 0.15) is 43.5 Å². The highest BCUT2D eigenvalue weighted by molar-refractivity contribution is 6.20. The largest absolute Gasteiger partial charge is 0.497 e. The predicted octanol–water partition coefficient (Wildman–Crippen LogP) is 4.59. The number of carbonyl (C=O) groups is 2. The molecule has 5 N–H and O–H groups in total. The predicted molar refractivity (Wildman–Crippen MR) is 150 cm³/mol. The first kappa shape index (κ1) is 24.7. The number of nitrogens with one attached hydrogen (secondary N) is 1. The number of fused-ring (bicyclic) bond motifs is 4. The van der Waals surface area contributed by atoms with Gasteiger partial charge in [-0.25, -0.2) is 0 Å². The normalized spacial score (nSPS) is 13.7. The second kappa shape index (κ2) is 9.27. The lowest BCUT2D eigenvalue weighted by atomic mass is 9.93.